The summed E-state index contributed by atoms with van der Waals surface area (Å²) >= 11 is 0. The lowest BCUT2D eigenvalue weighted by atomic mass is 9.76. The Morgan fingerprint density at radius 3 is 2.36 bits per heavy atom. The van der Waals surface area contributed by atoms with Gasteiger partial charge in [-0.05, 0) is 45.3 Å². The van der Waals surface area contributed by atoms with Crippen LogP contribution in [0.25, 0.3) is 0 Å². The van der Waals surface area contributed by atoms with E-state index in [4.69, 9.17) is 11.5 Å². The van der Waals surface area contributed by atoms with Crippen LogP contribution in [0, 0.1) is 5.92 Å². The van der Waals surface area contributed by atoms with Gasteiger partial charge in [0, 0.05) is 0 Å². The van der Waals surface area contributed by atoms with Crippen molar-refractivity contribution in [1.82, 2.24) is 4.90 Å². The molecule has 4 N–H and O–H groups in total. The van der Waals surface area contributed by atoms with Crippen LogP contribution in [0.4, 0.5) is 0 Å². The topological polar surface area (TPSA) is 72.3 Å². The van der Waals surface area contributed by atoms with Crippen molar-refractivity contribution >= 4 is 5.91 Å². The largest absolute Gasteiger partial charge is 0.368 e. The number of hydrogen-bond acceptors (Lipinski definition) is 3. The molecule has 1 aliphatic heterocycles. The van der Waals surface area contributed by atoms with Crippen LogP contribution in [0.3, 0.4) is 0 Å². The Bertz CT molecular complexity index is 211. The maximum absolute atomic E-state index is 11.3. The molecule has 1 heterocycles. The number of nitrogens with two attached hydrogens (primary N) is 2. The summed E-state index contributed by atoms with van der Waals surface area (Å²) in [4.78, 5) is 13.6. The normalized spacial score (nSPS) is 24.5. The van der Waals surface area contributed by atoms with E-state index in [9.17, 15) is 4.79 Å². The fourth-order valence-electron chi connectivity index (χ4n) is 2.19. The molecule has 1 aliphatic rings. The van der Waals surface area contributed by atoms with Gasteiger partial charge in [-0.1, -0.05) is 6.92 Å². The van der Waals surface area contributed by atoms with E-state index < -0.39 is 5.54 Å². The second kappa shape index (κ2) is 4.28. The lowest BCUT2D eigenvalue weighted by Gasteiger charge is -2.39. The predicted molar refractivity (Wildman–Crippen MR) is 56.6 cm³/mol. The second-order valence-corrected chi connectivity index (χ2v) is 4.34. The van der Waals surface area contributed by atoms with Crippen LogP contribution < -0.4 is 11.5 Å². The van der Waals surface area contributed by atoms with Crippen LogP contribution in [0.15, 0.2) is 0 Å². The van der Waals surface area contributed by atoms with Gasteiger partial charge >= 0.3 is 0 Å². The highest BCUT2D eigenvalue weighted by molar-refractivity contribution is 5.84. The third kappa shape index (κ3) is 2.07. The van der Waals surface area contributed by atoms with E-state index in [1.807, 2.05) is 6.92 Å². The van der Waals surface area contributed by atoms with E-state index in [0.29, 0.717) is 6.42 Å². The summed E-state index contributed by atoms with van der Waals surface area (Å²) in [5.74, 6) is -0.101. The number of piperidine rings is 1. The summed E-state index contributed by atoms with van der Waals surface area (Å²) in [6.45, 7) is 3.96. The Labute approximate surface area is 85.6 Å². The average molecular weight is 199 g/mol. The number of carbonyl (C=O) groups excluding carboxylic acids is 1. The van der Waals surface area contributed by atoms with Crippen molar-refractivity contribution in [2.24, 2.45) is 17.4 Å². The van der Waals surface area contributed by atoms with Gasteiger partial charge in [0.2, 0.25) is 5.91 Å². The van der Waals surface area contributed by atoms with Crippen molar-refractivity contribution in [3.63, 3.8) is 0 Å². The van der Waals surface area contributed by atoms with Crippen molar-refractivity contribution in [3.8, 4) is 0 Å². The van der Waals surface area contributed by atoms with Gasteiger partial charge in [0.05, 0.1) is 5.54 Å². The van der Waals surface area contributed by atoms with Gasteiger partial charge < -0.3 is 16.4 Å². The SMILES string of the molecule is CCC(N)(C(N)=O)C1CCN(C)CC1. The molecule has 1 unspecified atom stereocenters. The highest BCUT2D eigenvalue weighted by Crippen LogP contribution is 2.28. The molecule has 0 aromatic carbocycles. The molecule has 1 amide bonds. The molecule has 4 nitrogen and oxygen atoms in total. The summed E-state index contributed by atoms with van der Waals surface area (Å²) in [7, 11) is 2.09. The van der Waals surface area contributed by atoms with Crippen LogP contribution in [-0.4, -0.2) is 36.5 Å². The number of primary amides is 1. The number of amides is 1. The molecule has 0 aromatic heterocycles. The zero-order valence-electron chi connectivity index (χ0n) is 9.12. The fraction of sp³-hybridized carbons (Fsp3) is 0.900. The Morgan fingerprint density at radius 1 is 1.50 bits per heavy atom. The Hall–Kier alpha value is -0.610. The molecule has 0 aliphatic carbocycles. The number of likely N-dealkylation sites (tertiary alicyclic amines) is 1. The second-order valence-electron chi connectivity index (χ2n) is 4.34. The van der Waals surface area contributed by atoms with E-state index in [2.05, 4.69) is 11.9 Å². The van der Waals surface area contributed by atoms with Gasteiger partial charge in [0.25, 0.3) is 0 Å². The molecule has 1 fully saturated rings. The first-order valence-corrected chi connectivity index (χ1v) is 5.28. The van der Waals surface area contributed by atoms with Gasteiger partial charge in [-0.15, -0.1) is 0 Å². The van der Waals surface area contributed by atoms with Gasteiger partial charge in [0.1, 0.15) is 0 Å². The number of rotatable bonds is 3. The lowest BCUT2D eigenvalue weighted by Crippen LogP contribution is -2.59. The van der Waals surface area contributed by atoms with Gasteiger partial charge in [-0.3, -0.25) is 4.79 Å². The van der Waals surface area contributed by atoms with E-state index in [-0.39, 0.29) is 11.8 Å². The van der Waals surface area contributed by atoms with Crippen LogP contribution >= 0.6 is 0 Å². The first-order valence-electron chi connectivity index (χ1n) is 5.28. The Morgan fingerprint density at radius 2 is 2.00 bits per heavy atom. The average Bonchev–Trinajstić information content (AvgIpc) is 2.17. The first kappa shape index (κ1) is 11.5. The highest BCUT2D eigenvalue weighted by Gasteiger charge is 2.39. The molecule has 0 radical (unpaired) electrons. The molecule has 1 atom stereocenters. The van der Waals surface area contributed by atoms with Crippen LogP contribution in [0.1, 0.15) is 26.2 Å². The number of hydrogen-bond donors (Lipinski definition) is 2. The molecule has 0 saturated carbocycles. The molecule has 4 heteroatoms. The van der Waals surface area contributed by atoms with Gasteiger partial charge in [-0.2, -0.15) is 0 Å². The molecule has 1 rings (SSSR count). The summed E-state index contributed by atoms with van der Waals surface area (Å²) in [6, 6.07) is 0. The summed E-state index contributed by atoms with van der Waals surface area (Å²) < 4.78 is 0. The summed E-state index contributed by atoms with van der Waals surface area (Å²) in [6.07, 6.45) is 2.59. The van der Waals surface area contributed by atoms with Crippen molar-refractivity contribution in [2.45, 2.75) is 31.7 Å². The lowest BCUT2D eigenvalue weighted by molar-refractivity contribution is -0.126. The molecule has 0 bridgehead atoms. The zero-order valence-corrected chi connectivity index (χ0v) is 9.12. The monoisotopic (exact) mass is 199 g/mol. The maximum Gasteiger partial charge on any atom is 0.237 e. The summed E-state index contributed by atoms with van der Waals surface area (Å²) in [5, 5.41) is 0. The van der Waals surface area contributed by atoms with Crippen LogP contribution in [-0.2, 0) is 4.79 Å². The molecule has 0 aromatic rings. The fourth-order valence-corrected chi connectivity index (χ4v) is 2.19. The third-order valence-electron chi connectivity index (χ3n) is 3.49. The minimum Gasteiger partial charge on any atom is -0.368 e. The first-order chi connectivity index (χ1) is 6.50. The van der Waals surface area contributed by atoms with Crippen molar-refractivity contribution < 1.29 is 4.79 Å². The van der Waals surface area contributed by atoms with Crippen LogP contribution in [0.2, 0.25) is 0 Å². The van der Waals surface area contributed by atoms with E-state index >= 15 is 0 Å². The van der Waals surface area contributed by atoms with Crippen molar-refractivity contribution in [1.29, 1.82) is 0 Å². The standard InChI is InChI=1S/C10H21N3O/c1-3-10(12,9(11)14)8-4-6-13(2)7-5-8/h8H,3-7,12H2,1-2H3,(H2,11,14). The minimum atomic E-state index is -0.790. The smallest absolute Gasteiger partial charge is 0.237 e. The number of carbonyl (C=O) groups is 1. The Balaban J connectivity index is 2.66. The third-order valence-corrected chi connectivity index (χ3v) is 3.49. The van der Waals surface area contributed by atoms with Gasteiger partial charge in [0.15, 0.2) is 0 Å². The molecule has 1 saturated heterocycles. The Kier molecular flexibility index (Phi) is 3.50. The van der Waals surface area contributed by atoms with E-state index in [1.54, 1.807) is 0 Å². The highest BCUT2D eigenvalue weighted by atomic mass is 16.1. The molecule has 14 heavy (non-hydrogen) atoms. The van der Waals surface area contributed by atoms with E-state index in [0.717, 1.165) is 25.9 Å². The maximum atomic E-state index is 11.3. The zero-order chi connectivity index (χ0) is 10.8. The molecule has 0 spiro atoms. The van der Waals surface area contributed by atoms with Crippen molar-refractivity contribution in [2.75, 3.05) is 20.1 Å². The minimum absolute atomic E-state index is 0.251. The quantitative estimate of drug-likeness (QED) is 0.668. The van der Waals surface area contributed by atoms with Gasteiger partial charge in [-0.25, -0.2) is 0 Å². The van der Waals surface area contributed by atoms with Crippen molar-refractivity contribution in [3.05, 3.63) is 0 Å². The van der Waals surface area contributed by atoms with E-state index in [1.165, 1.54) is 0 Å². The summed E-state index contributed by atoms with van der Waals surface area (Å²) in [5.41, 5.74) is 10.6. The molecular formula is C10H21N3O. The van der Waals surface area contributed by atoms with Crippen LogP contribution in [0.5, 0.6) is 0 Å². The predicted octanol–water partition coefficient (Wildman–Crippen LogP) is -0.0790. The molecule has 82 valence electrons. The molecular weight excluding hydrogens is 178 g/mol. The number of nitrogens with zero attached hydrogens (tertiary/aromatic N) is 1.